The lowest BCUT2D eigenvalue weighted by Crippen LogP contribution is -1.95. The predicted octanol–water partition coefficient (Wildman–Crippen LogP) is 3.58. The average molecular weight is 304 g/mol. The summed E-state index contributed by atoms with van der Waals surface area (Å²) in [5, 5.41) is 4.31. The van der Waals surface area contributed by atoms with Gasteiger partial charge in [0.15, 0.2) is 17.3 Å². The highest BCUT2D eigenvalue weighted by molar-refractivity contribution is 6.09. The van der Waals surface area contributed by atoms with E-state index in [9.17, 15) is 0 Å². The zero-order chi connectivity index (χ0) is 15.2. The molecule has 0 saturated heterocycles. The summed E-state index contributed by atoms with van der Waals surface area (Å²) in [5.41, 5.74) is 3.63. The Bertz CT molecular complexity index is 1030. The van der Waals surface area contributed by atoms with Crippen molar-refractivity contribution in [2.75, 3.05) is 12.1 Å². The van der Waals surface area contributed by atoms with Crippen molar-refractivity contribution in [1.29, 1.82) is 0 Å². The number of rotatable bonds is 2. The average Bonchev–Trinajstić information content (AvgIpc) is 3.18. The normalized spacial score (nSPS) is 12.9. The SMILES string of the molecule is c1ccc(Nc2ncnc3c2[nH]c2cc4c(cc23)OCO4)cc1. The molecule has 2 aromatic carbocycles. The quantitative estimate of drug-likeness (QED) is 0.592. The highest BCUT2D eigenvalue weighted by Gasteiger charge is 2.18. The zero-order valence-electron chi connectivity index (χ0n) is 12.0. The minimum absolute atomic E-state index is 0.260. The fourth-order valence-corrected chi connectivity index (χ4v) is 2.84. The summed E-state index contributed by atoms with van der Waals surface area (Å²) < 4.78 is 10.9. The number of nitrogens with one attached hydrogen (secondary N) is 2. The van der Waals surface area contributed by atoms with Gasteiger partial charge in [-0.1, -0.05) is 18.2 Å². The smallest absolute Gasteiger partial charge is 0.231 e. The third kappa shape index (κ3) is 1.88. The van der Waals surface area contributed by atoms with Crippen molar-refractivity contribution in [3.05, 3.63) is 48.8 Å². The van der Waals surface area contributed by atoms with Crippen LogP contribution in [-0.2, 0) is 0 Å². The molecule has 2 aromatic heterocycles. The number of ether oxygens (including phenoxy) is 2. The standard InChI is InChI=1S/C17H12N4O2/c1-2-4-10(5-3-1)20-17-16-15(18-8-19-17)11-6-13-14(23-9-22-13)7-12(11)21-16/h1-8,21H,9H2,(H,18,19,20). The number of aromatic nitrogens is 3. The van der Waals surface area contributed by atoms with Crippen molar-refractivity contribution in [2.24, 2.45) is 0 Å². The van der Waals surface area contributed by atoms with Crippen molar-refractivity contribution >= 4 is 33.4 Å². The van der Waals surface area contributed by atoms with Crippen LogP contribution in [-0.4, -0.2) is 21.7 Å². The molecule has 5 rings (SSSR count). The first-order valence-electron chi connectivity index (χ1n) is 7.26. The van der Waals surface area contributed by atoms with E-state index < -0.39 is 0 Å². The van der Waals surface area contributed by atoms with Crippen LogP contribution < -0.4 is 14.8 Å². The van der Waals surface area contributed by atoms with Crippen LogP contribution in [0.2, 0.25) is 0 Å². The molecule has 0 radical (unpaired) electrons. The van der Waals surface area contributed by atoms with Crippen molar-refractivity contribution in [1.82, 2.24) is 15.0 Å². The molecule has 0 atom stereocenters. The number of fused-ring (bicyclic) bond motifs is 4. The maximum atomic E-state index is 5.46. The van der Waals surface area contributed by atoms with Gasteiger partial charge in [0.05, 0.1) is 5.52 Å². The second-order valence-corrected chi connectivity index (χ2v) is 5.31. The Labute approximate surface area is 131 Å². The van der Waals surface area contributed by atoms with E-state index >= 15 is 0 Å². The third-order valence-electron chi connectivity index (χ3n) is 3.91. The predicted molar refractivity (Wildman–Crippen MR) is 87.2 cm³/mol. The van der Waals surface area contributed by atoms with Gasteiger partial charge in [-0.15, -0.1) is 0 Å². The molecule has 6 nitrogen and oxygen atoms in total. The van der Waals surface area contributed by atoms with E-state index in [0.29, 0.717) is 0 Å². The second-order valence-electron chi connectivity index (χ2n) is 5.31. The summed E-state index contributed by atoms with van der Waals surface area (Å²) in [6.45, 7) is 0.260. The van der Waals surface area contributed by atoms with Crippen LogP contribution in [0.1, 0.15) is 0 Å². The highest BCUT2D eigenvalue weighted by Crippen LogP contribution is 2.39. The molecule has 112 valence electrons. The van der Waals surface area contributed by atoms with Gasteiger partial charge in [-0.05, 0) is 18.2 Å². The van der Waals surface area contributed by atoms with Gasteiger partial charge in [-0.3, -0.25) is 0 Å². The molecule has 0 bridgehead atoms. The molecule has 0 amide bonds. The third-order valence-corrected chi connectivity index (χ3v) is 3.91. The molecular weight excluding hydrogens is 292 g/mol. The Kier molecular flexibility index (Phi) is 2.46. The first-order valence-corrected chi connectivity index (χ1v) is 7.26. The number of H-pyrrole nitrogens is 1. The van der Waals surface area contributed by atoms with E-state index in [1.807, 2.05) is 42.5 Å². The van der Waals surface area contributed by atoms with Gasteiger partial charge < -0.3 is 19.8 Å². The summed E-state index contributed by atoms with van der Waals surface area (Å²) in [7, 11) is 0. The Morgan fingerprint density at radius 2 is 1.83 bits per heavy atom. The van der Waals surface area contributed by atoms with Gasteiger partial charge in [0.1, 0.15) is 17.4 Å². The van der Waals surface area contributed by atoms with Gasteiger partial charge >= 0.3 is 0 Å². The number of nitrogens with zero attached hydrogens (tertiary/aromatic N) is 2. The molecule has 2 N–H and O–H groups in total. The molecular formula is C17H12N4O2. The summed E-state index contributed by atoms with van der Waals surface area (Å²) in [6, 6.07) is 13.8. The fourth-order valence-electron chi connectivity index (χ4n) is 2.84. The Morgan fingerprint density at radius 1 is 1.00 bits per heavy atom. The monoisotopic (exact) mass is 304 g/mol. The van der Waals surface area contributed by atoms with Crippen LogP contribution in [0.15, 0.2) is 48.8 Å². The Hall–Kier alpha value is -3.28. The molecule has 0 spiro atoms. The second kappa shape index (κ2) is 4.61. The first kappa shape index (κ1) is 12.3. The van der Waals surface area contributed by atoms with E-state index in [2.05, 4.69) is 20.3 Å². The van der Waals surface area contributed by atoms with Crippen LogP contribution >= 0.6 is 0 Å². The van der Waals surface area contributed by atoms with Crippen LogP contribution in [0, 0.1) is 0 Å². The van der Waals surface area contributed by atoms with Crippen LogP contribution in [0.5, 0.6) is 11.5 Å². The molecule has 0 saturated carbocycles. The van der Waals surface area contributed by atoms with Crippen molar-refractivity contribution < 1.29 is 9.47 Å². The zero-order valence-corrected chi connectivity index (χ0v) is 12.0. The maximum Gasteiger partial charge on any atom is 0.231 e. The summed E-state index contributed by atoms with van der Waals surface area (Å²) in [5.74, 6) is 2.23. The van der Waals surface area contributed by atoms with Crippen molar-refractivity contribution in [3.8, 4) is 11.5 Å². The topological polar surface area (TPSA) is 72.1 Å². The van der Waals surface area contributed by atoms with E-state index in [-0.39, 0.29) is 6.79 Å². The molecule has 0 fully saturated rings. The maximum absolute atomic E-state index is 5.46. The van der Waals surface area contributed by atoms with Crippen LogP contribution in [0.4, 0.5) is 11.5 Å². The van der Waals surface area contributed by atoms with Gasteiger partial charge in [-0.25, -0.2) is 9.97 Å². The van der Waals surface area contributed by atoms with E-state index in [4.69, 9.17) is 9.47 Å². The minimum atomic E-state index is 0.260. The van der Waals surface area contributed by atoms with E-state index in [0.717, 1.165) is 44.9 Å². The minimum Gasteiger partial charge on any atom is -0.454 e. The van der Waals surface area contributed by atoms with Crippen LogP contribution in [0.25, 0.3) is 21.9 Å². The molecule has 3 heterocycles. The Balaban J connectivity index is 1.71. The number of anilines is 2. The molecule has 1 aliphatic heterocycles. The van der Waals surface area contributed by atoms with E-state index in [1.165, 1.54) is 0 Å². The molecule has 1 aliphatic rings. The molecule has 0 aliphatic carbocycles. The molecule has 4 aromatic rings. The first-order chi connectivity index (χ1) is 11.4. The van der Waals surface area contributed by atoms with Crippen molar-refractivity contribution in [3.63, 3.8) is 0 Å². The lowest BCUT2D eigenvalue weighted by atomic mass is 10.2. The molecule has 6 heteroatoms. The van der Waals surface area contributed by atoms with Gasteiger partial charge in [0.2, 0.25) is 6.79 Å². The van der Waals surface area contributed by atoms with Gasteiger partial charge in [0, 0.05) is 17.1 Å². The number of aromatic amines is 1. The fraction of sp³-hybridized carbons (Fsp3) is 0.0588. The van der Waals surface area contributed by atoms with Crippen molar-refractivity contribution in [2.45, 2.75) is 0 Å². The number of hydrogen-bond donors (Lipinski definition) is 2. The van der Waals surface area contributed by atoms with Crippen LogP contribution in [0.3, 0.4) is 0 Å². The summed E-state index contributed by atoms with van der Waals surface area (Å²) >= 11 is 0. The lowest BCUT2D eigenvalue weighted by Gasteiger charge is -2.05. The largest absolute Gasteiger partial charge is 0.454 e. The molecule has 0 unspecified atom stereocenters. The number of para-hydroxylation sites is 1. The Morgan fingerprint density at radius 3 is 2.70 bits per heavy atom. The number of hydrogen-bond acceptors (Lipinski definition) is 5. The summed E-state index contributed by atoms with van der Waals surface area (Å²) in [6.07, 6.45) is 1.56. The van der Waals surface area contributed by atoms with Gasteiger partial charge in [0.25, 0.3) is 0 Å². The molecule has 23 heavy (non-hydrogen) atoms. The van der Waals surface area contributed by atoms with E-state index in [1.54, 1.807) is 6.33 Å². The van der Waals surface area contributed by atoms with Gasteiger partial charge in [-0.2, -0.15) is 0 Å². The lowest BCUT2D eigenvalue weighted by molar-refractivity contribution is 0.174. The highest BCUT2D eigenvalue weighted by atomic mass is 16.7. The number of benzene rings is 2. The summed E-state index contributed by atoms with van der Waals surface area (Å²) in [4.78, 5) is 12.2.